The molecule has 1 aromatic carbocycles. The van der Waals surface area contributed by atoms with E-state index in [0.717, 1.165) is 66.2 Å². The summed E-state index contributed by atoms with van der Waals surface area (Å²) >= 11 is 1.39. The van der Waals surface area contributed by atoms with Gasteiger partial charge in [0.25, 0.3) is 0 Å². The van der Waals surface area contributed by atoms with Crippen LogP contribution in [0.3, 0.4) is 0 Å². The van der Waals surface area contributed by atoms with E-state index in [-0.39, 0.29) is 12.3 Å². The van der Waals surface area contributed by atoms with Crippen LogP contribution in [0.2, 0.25) is 0 Å². The second kappa shape index (κ2) is 10.9. The van der Waals surface area contributed by atoms with Crippen molar-refractivity contribution >= 4 is 34.2 Å². The largest absolute Gasteiger partial charge is 0.488 e. The van der Waals surface area contributed by atoms with E-state index in [4.69, 9.17) is 9.72 Å². The molecule has 0 spiro atoms. The van der Waals surface area contributed by atoms with Crippen molar-refractivity contribution in [2.24, 2.45) is 11.8 Å². The Morgan fingerprint density at radius 2 is 2.00 bits per heavy atom. The SMILES string of the molecule is CN1CCOc2cc(-c3ccccc3-c3csc(N(C)C(=O)[C@@H](CC(=O)O)CC4CCCC4)n3)cnc21. The highest BCUT2D eigenvalue weighted by Gasteiger charge is 2.30. The number of carbonyl (C=O) groups excluding carboxylic acids is 1. The maximum absolute atomic E-state index is 13.4. The minimum absolute atomic E-state index is 0.149. The first-order valence-corrected chi connectivity index (χ1v) is 13.7. The number of nitrogens with zero attached hydrogens (tertiary/aromatic N) is 4. The highest BCUT2D eigenvalue weighted by atomic mass is 32.1. The third-order valence-electron chi connectivity index (χ3n) is 7.37. The molecule has 0 unspecified atom stereocenters. The number of anilines is 2. The van der Waals surface area contributed by atoms with E-state index >= 15 is 0 Å². The van der Waals surface area contributed by atoms with E-state index in [1.165, 1.54) is 16.2 Å². The van der Waals surface area contributed by atoms with Gasteiger partial charge in [-0.1, -0.05) is 49.9 Å². The lowest BCUT2D eigenvalue weighted by atomic mass is 9.90. The average molecular weight is 521 g/mol. The molecule has 2 aromatic heterocycles. The molecule has 9 heteroatoms. The maximum atomic E-state index is 13.4. The molecule has 1 amide bonds. The van der Waals surface area contributed by atoms with Crippen LogP contribution in [-0.2, 0) is 9.59 Å². The number of fused-ring (bicyclic) bond motifs is 1. The molecule has 37 heavy (non-hydrogen) atoms. The standard InChI is InChI=1S/C28H32N4O4S/c1-31-11-12-36-24-14-20(16-29-26(24)31)21-9-5-6-10-22(21)23-17-37-28(30-23)32(2)27(35)19(15-25(33)34)13-18-7-3-4-8-18/h5-6,9-10,14,16-19H,3-4,7-8,11-13,15H2,1-2H3,(H,33,34)/t19-/m1/s1. The Morgan fingerprint density at radius 1 is 1.24 bits per heavy atom. The van der Waals surface area contributed by atoms with E-state index in [0.29, 0.717) is 24.1 Å². The smallest absolute Gasteiger partial charge is 0.304 e. The molecular weight excluding hydrogens is 488 g/mol. The lowest BCUT2D eigenvalue weighted by Crippen LogP contribution is -2.35. The van der Waals surface area contributed by atoms with Crippen molar-refractivity contribution in [3.63, 3.8) is 0 Å². The number of carboxylic acid groups (broad SMARTS) is 1. The molecule has 0 bridgehead atoms. The van der Waals surface area contributed by atoms with Crippen molar-refractivity contribution < 1.29 is 19.4 Å². The Bertz CT molecular complexity index is 1290. The predicted molar refractivity (Wildman–Crippen MR) is 145 cm³/mol. The summed E-state index contributed by atoms with van der Waals surface area (Å²) in [6.45, 7) is 1.42. The second-order valence-corrected chi connectivity index (χ2v) is 10.8. The van der Waals surface area contributed by atoms with E-state index in [1.807, 2.05) is 49.0 Å². The first kappa shape index (κ1) is 25.2. The Hall–Kier alpha value is -3.46. The number of likely N-dealkylation sites (N-methyl/N-ethyl adjacent to an activating group) is 1. The third-order valence-corrected chi connectivity index (χ3v) is 8.28. The van der Waals surface area contributed by atoms with Crippen LogP contribution in [0, 0.1) is 11.8 Å². The number of hydrogen-bond acceptors (Lipinski definition) is 7. The first-order chi connectivity index (χ1) is 17.9. The van der Waals surface area contributed by atoms with Gasteiger partial charge in [-0.05, 0) is 24.0 Å². The van der Waals surface area contributed by atoms with Crippen LogP contribution < -0.4 is 14.5 Å². The number of rotatable bonds is 8. The minimum Gasteiger partial charge on any atom is -0.488 e. The lowest BCUT2D eigenvalue weighted by molar-refractivity contribution is -0.140. The fourth-order valence-electron chi connectivity index (χ4n) is 5.38. The summed E-state index contributed by atoms with van der Waals surface area (Å²) in [6.07, 6.45) is 6.79. The minimum atomic E-state index is -0.938. The summed E-state index contributed by atoms with van der Waals surface area (Å²) in [4.78, 5) is 37.9. The number of ether oxygens (including phenoxy) is 1. The van der Waals surface area contributed by atoms with Crippen molar-refractivity contribution in [2.45, 2.75) is 38.5 Å². The van der Waals surface area contributed by atoms with E-state index < -0.39 is 11.9 Å². The van der Waals surface area contributed by atoms with Gasteiger partial charge in [-0.2, -0.15) is 0 Å². The molecule has 0 saturated heterocycles. The van der Waals surface area contributed by atoms with Crippen LogP contribution in [0.15, 0.2) is 41.9 Å². The lowest BCUT2D eigenvalue weighted by Gasteiger charge is -2.26. The predicted octanol–water partition coefficient (Wildman–Crippen LogP) is 5.33. The molecule has 1 N–H and O–H groups in total. The van der Waals surface area contributed by atoms with Crippen LogP contribution >= 0.6 is 11.3 Å². The summed E-state index contributed by atoms with van der Waals surface area (Å²) in [5, 5.41) is 11.9. The number of pyridine rings is 1. The molecule has 194 valence electrons. The van der Waals surface area contributed by atoms with Gasteiger partial charge in [0.05, 0.1) is 18.7 Å². The number of carboxylic acids is 1. The molecule has 1 aliphatic carbocycles. The van der Waals surface area contributed by atoms with Crippen LogP contribution in [0.4, 0.5) is 10.9 Å². The number of benzene rings is 1. The molecule has 1 atom stereocenters. The van der Waals surface area contributed by atoms with Crippen molar-refractivity contribution in [1.29, 1.82) is 0 Å². The molecule has 0 radical (unpaired) electrons. The molecule has 1 saturated carbocycles. The first-order valence-electron chi connectivity index (χ1n) is 12.8. The normalized spacial score (nSPS) is 16.2. The molecule has 1 fully saturated rings. The molecule has 1 aliphatic heterocycles. The molecule has 3 aromatic rings. The molecule has 2 aliphatic rings. The Labute approximate surface area is 220 Å². The highest BCUT2D eigenvalue weighted by Crippen LogP contribution is 2.39. The molecular formula is C28H32N4O4S. The van der Waals surface area contributed by atoms with Gasteiger partial charge in [-0.15, -0.1) is 11.3 Å². The number of hydrogen-bond donors (Lipinski definition) is 1. The van der Waals surface area contributed by atoms with Gasteiger partial charge in [-0.25, -0.2) is 9.97 Å². The average Bonchev–Trinajstić information content (AvgIpc) is 3.60. The van der Waals surface area contributed by atoms with Crippen LogP contribution in [0.1, 0.15) is 38.5 Å². The Kier molecular flexibility index (Phi) is 7.41. The number of amides is 1. The monoisotopic (exact) mass is 520 g/mol. The number of aliphatic carboxylic acids is 1. The van der Waals surface area contributed by atoms with Gasteiger partial charge in [0.15, 0.2) is 16.7 Å². The zero-order valence-corrected chi connectivity index (χ0v) is 22.0. The van der Waals surface area contributed by atoms with Crippen molar-refractivity contribution in [3.8, 4) is 28.1 Å². The summed E-state index contributed by atoms with van der Waals surface area (Å²) in [5.41, 5.74) is 3.61. The van der Waals surface area contributed by atoms with E-state index in [1.54, 1.807) is 7.05 Å². The summed E-state index contributed by atoms with van der Waals surface area (Å²) in [7, 11) is 3.70. The topological polar surface area (TPSA) is 95.9 Å². The summed E-state index contributed by atoms with van der Waals surface area (Å²) in [5.74, 6) is 0.365. The van der Waals surface area contributed by atoms with Crippen LogP contribution in [0.5, 0.6) is 5.75 Å². The number of aromatic nitrogens is 2. The van der Waals surface area contributed by atoms with E-state index in [9.17, 15) is 14.7 Å². The molecule has 3 heterocycles. The quantitative estimate of drug-likeness (QED) is 0.429. The number of thiazole rings is 1. The second-order valence-electron chi connectivity index (χ2n) is 9.95. The van der Waals surface area contributed by atoms with Crippen molar-refractivity contribution in [3.05, 3.63) is 41.9 Å². The third kappa shape index (κ3) is 5.46. The Morgan fingerprint density at radius 3 is 2.76 bits per heavy atom. The fourth-order valence-corrected chi connectivity index (χ4v) is 6.17. The summed E-state index contributed by atoms with van der Waals surface area (Å²) < 4.78 is 5.86. The van der Waals surface area contributed by atoms with Gasteiger partial charge >= 0.3 is 5.97 Å². The van der Waals surface area contributed by atoms with E-state index in [2.05, 4.69) is 9.88 Å². The van der Waals surface area contributed by atoms with Crippen LogP contribution in [0.25, 0.3) is 22.4 Å². The zero-order chi connectivity index (χ0) is 25.9. The Balaban J connectivity index is 1.39. The summed E-state index contributed by atoms with van der Waals surface area (Å²) in [6, 6.07) is 10.00. The maximum Gasteiger partial charge on any atom is 0.304 e. The van der Waals surface area contributed by atoms with Gasteiger partial charge in [0.1, 0.15) is 6.61 Å². The number of carbonyl (C=O) groups is 2. The van der Waals surface area contributed by atoms with Gasteiger partial charge in [0, 0.05) is 42.7 Å². The van der Waals surface area contributed by atoms with Crippen LogP contribution in [-0.4, -0.2) is 54.2 Å². The van der Waals surface area contributed by atoms with Gasteiger partial charge in [0.2, 0.25) is 5.91 Å². The van der Waals surface area contributed by atoms with Crippen molar-refractivity contribution in [2.75, 3.05) is 37.0 Å². The molecule has 8 nitrogen and oxygen atoms in total. The van der Waals surface area contributed by atoms with Gasteiger partial charge < -0.3 is 14.7 Å². The zero-order valence-electron chi connectivity index (χ0n) is 21.2. The van der Waals surface area contributed by atoms with Crippen molar-refractivity contribution in [1.82, 2.24) is 9.97 Å². The van der Waals surface area contributed by atoms with Gasteiger partial charge in [-0.3, -0.25) is 14.5 Å². The fraction of sp³-hybridized carbons (Fsp3) is 0.429. The molecule has 5 rings (SSSR count). The highest BCUT2D eigenvalue weighted by molar-refractivity contribution is 7.14.